The highest BCUT2D eigenvalue weighted by Crippen LogP contribution is 2.36. The predicted octanol–water partition coefficient (Wildman–Crippen LogP) is 5.55. The molecule has 1 N–H and O–H groups in total. The van der Waals surface area contributed by atoms with Crippen molar-refractivity contribution in [2.24, 2.45) is 0 Å². The van der Waals surface area contributed by atoms with Crippen LogP contribution in [0.5, 0.6) is 0 Å². The first-order valence-electron chi connectivity index (χ1n) is 12.4. The van der Waals surface area contributed by atoms with Gasteiger partial charge in [-0.2, -0.15) is 13.2 Å². The van der Waals surface area contributed by atoms with Crippen LogP contribution in [-0.2, 0) is 38.8 Å². The Bertz CT molecular complexity index is 1490. The Balaban J connectivity index is 2.11. The zero-order valence-corrected chi connectivity index (χ0v) is 24.5. The Kier molecular flexibility index (Phi) is 10.7. The number of amides is 2. The van der Waals surface area contributed by atoms with E-state index in [1.165, 1.54) is 4.90 Å². The minimum absolute atomic E-state index is 0.0755. The number of hydrogen-bond acceptors (Lipinski definition) is 4. The van der Waals surface area contributed by atoms with Gasteiger partial charge in [-0.25, -0.2) is 8.42 Å². The summed E-state index contributed by atoms with van der Waals surface area (Å²) in [7, 11) is -4.32. The molecule has 3 rings (SSSR count). The first-order chi connectivity index (χ1) is 19.2. The van der Waals surface area contributed by atoms with Crippen molar-refractivity contribution in [1.29, 1.82) is 0 Å². The lowest BCUT2D eigenvalue weighted by molar-refractivity contribution is -0.140. The average molecular weight is 631 g/mol. The largest absolute Gasteiger partial charge is 0.416 e. The van der Waals surface area contributed by atoms with Crippen molar-refractivity contribution in [2.75, 3.05) is 23.7 Å². The summed E-state index contributed by atoms with van der Waals surface area (Å²) in [5.74, 6) is -1.35. The Hall–Kier alpha value is -3.28. The van der Waals surface area contributed by atoms with Gasteiger partial charge in [-0.3, -0.25) is 13.9 Å². The molecular weight excluding hydrogens is 602 g/mol. The van der Waals surface area contributed by atoms with Crippen LogP contribution in [0.15, 0.2) is 72.8 Å². The maximum atomic E-state index is 14.0. The molecule has 13 heteroatoms. The third-order valence-corrected chi connectivity index (χ3v) is 7.96. The number of carbonyl (C=O) groups excluding carboxylic acids is 2. The third-order valence-electron chi connectivity index (χ3n) is 6.14. The lowest BCUT2D eigenvalue weighted by Crippen LogP contribution is -2.53. The van der Waals surface area contributed by atoms with Crippen molar-refractivity contribution < 1.29 is 31.2 Å². The number of benzene rings is 3. The number of nitrogens with zero attached hydrogens (tertiary/aromatic N) is 2. The molecule has 1 atom stereocenters. The van der Waals surface area contributed by atoms with Gasteiger partial charge in [0.1, 0.15) is 12.6 Å². The van der Waals surface area contributed by atoms with Crippen LogP contribution in [0.3, 0.4) is 0 Å². The number of sulfonamides is 1. The molecule has 0 bridgehead atoms. The summed E-state index contributed by atoms with van der Waals surface area (Å²) in [6.45, 7) is 0.863. The normalized spacial score (nSPS) is 12.5. The van der Waals surface area contributed by atoms with Gasteiger partial charge in [-0.15, -0.1) is 0 Å². The average Bonchev–Trinajstić information content (AvgIpc) is 2.90. The summed E-state index contributed by atoms with van der Waals surface area (Å²) in [6.07, 6.45) is -3.96. The molecule has 0 radical (unpaired) electrons. The van der Waals surface area contributed by atoms with E-state index in [-0.39, 0.29) is 24.5 Å². The molecule has 0 unspecified atom stereocenters. The molecule has 0 saturated heterocycles. The second-order valence-electron chi connectivity index (χ2n) is 9.15. The molecule has 3 aromatic rings. The summed E-state index contributed by atoms with van der Waals surface area (Å²) >= 11 is 12.5. The summed E-state index contributed by atoms with van der Waals surface area (Å²) in [4.78, 5) is 28.4. The fraction of sp³-hybridized carbons (Fsp3) is 0.286. The second-order valence-corrected chi connectivity index (χ2v) is 11.9. The lowest BCUT2D eigenvalue weighted by atomic mass is 10.0. The van der Waals surface area contributed by atoms with Gasteiger partial charge in [-0.05, 0) is 42.3 Å². The van der Waals surface area contributed by atoms with E-state index >= 15 is 0 Å². The number of likely N-dealkylation sites (N-methyl/N-ethyl adjacent to an activating group) is 1. The van der Waals surface area contributed by atoms with Crippen molar-refractivity contribution >= 4 is 50.7 Å². The van der Waals surface area contributed by atoms with Crippen molar-refractivity contribution in [1.82, 2.24) is 10.2 Å². The molecule has 0 saturated carbocycles. The van der Waals surface area contributed by atoms with E-state index in [0.717, 1.165) is 17.9 Å². The number of anilines is 1. The van der Waals surface area contributed by atoms with Gasteiger partial charge in [-0.1, -0.05) is 71.7 Å². The van der Waals surface area contributed by atoms with Crippen molar-refractivity contribution in [2.45, 2.75) is 32.1 Å². The molecule has 3 aromatic carbocycles. The van der Waals surface area contributed by atoms with Crippen LogP contribution in [0.2, 0.25) is 10.0 Å². The Morgan fingerprint density at radius 1 is 0.951 bits per heavy atom. The molecule has 41 heavy (non-hydrogen) atoms. The fourth-order valence-corrected chi connectivity index (χ4v) is 5.45. The fourth-order valence-electron chi connectivity index (χ4n) is 4.13. The van der Waals surface area contributed by atoms with E-state index in [1.807, 2.05) is 0 Å². The van der Waals surface area contributed by atoms with Crippen molar-refractivity contribution in [3.05, 3.63) is 99.5 Å². The first-order valence-corrected chi connectivity index (χ1v) is 15.0. The highest BCUT2D eigenvalue weighted by Gasteiger charge is 2.36. The van der Waals surface area contributed by atoms with Crippen LogP contribution in [0.4, 0.5) is 18.9 Å². The molecule has 2 amide bonds. The summed E-state index contributed by atoms with van der Waals surface area (Å²) < 4.78 is 66.5. The zero-order chi connectivity index (χ0) is 30.4. The topological polar surface area (TPSA) is 86.8 Å². The van der Waals surface area contributed by atoms with Gasteiger partial charge in [0.15, 0.2) is 0 Å². The molecule has 0 aliphatic heterocycles. The number of carbonyl (C=O) groups is 2. The van der Waals surface area contributed by atoms with Crippen LogP contribution in [-0.4, -0.2) is 50.5 Å². The zero-order valence-electron chi connectivity index (χ0n) is 22.2. The molecule has 7 nitrogen and oxygen atoms in total. The number of hydrogen-bond donors (Lipinski definition) is 1. The molecule has 0 aliphatic rings. The Morgan fingerprint density at radius 3 is 2.17 bits per heavy atom. The van der Waals surface area contributed by atoms with Gasteiger partial charge in [0.2, 0.25) is 21.8 Å². The SMILES string of the molecule is CCNC(=O)[C@H](Cc1ccccc1)N(Cc1ccccc1Cl)C(=O)CN(c1cc(C(F)(F)F)ccc1Cl)S(C)(=O)=O. The minimum Gasteiger partial charge on any atom is -0.355 e. The minimum atomic E-state index is -4.79. The highest BCUT2D eigenvalue weighted by molar-refractivity contribution is 7.92. The number of nitrogens with one attached hydrogen (secondary N) is 1. The molecular formula is C28H28Cl2F3N3O4S. The van der Waals surface area contributed by atoms with Gasteiger partial charge < -0.3 is 10.2 Å². The van der Waals surface area contributed by atoms with Crippen molar-refractivity contribution in [3.8, 4) is 0 Å². The number of halogens is 5. The van der Waals surface area contributed by atoms with E-state index in [9.17, 15) is 31.2 Å². The maximum Gasteiger partial charge on any atom is 0.416 e. The van der Waals surface area contributed by atoms with E-state index in [1.54, 1.807) is 61.5 Å². The van der Waals surface area contributed by atoms with Crippen molar-refractivity contribution in [3.63, 3.8) is 0 Å². The van der Waals surface area contributed by atoms with E-state index in [4.69, 9.17) is 23.2 Å². The van der Waals surface area contributed by atoms with Gasteiger partial charge in [0.25, 0.3) is 0 Å². The maximum absolute atomic E-state index is 14.0. The lowest BCUT2D eigenvalue weighted by Gasteiger charge is -2.34. The first kappa shape index (κ1) is 32.2. The van der Waals surface area contributed by atoms with Gasteiger partial charge in [0.05, 0.1) is 22.5 Å². The number of rotatable bonds is 11. The summed E-state index contributed by atoms with van der Waals surface area (Å²) in [6, 6.07) is 16.6. The standard InChI is InChI=1S/C28H28Cl2F3N3O4S/c1-3-34-27(38)25(15-19-9-5-4-6-10-19)35(17-20-11-7-8-12-22(20)29)26(37)18-36(41(2,39)40)24-16-21(28(31,32)33)13-14-23(24)30/h4-14,16,25H,3,15,17-18H2,1-2H3,(H,34,38)/t25-/m0/s1. The molecule has 0 aromatic heterocycles. The second kappa shape index (κ2) is 13.6. The van der Waals surface area contributed by atoms with Crippen LogP contribution < -0.4 is 9.62 Å². The summed E-state index contributed by atoms with van der Waals surface area (Å²) in [5.41, 5.74) is -0.461. The highest BCUT2D eigenvalue weighted by atomic mass is 35.5. The van der Waals surface area contributed by atoms with E-state index in [2.05, 4.69) is 5.32 Å². The molecule has 0 aliphatic carbocycles. The number of alkyl halides is 3. The smallest absolute Gasteiger partial charge is 0.355 e. The predicted molar refractivity (Wildman–Crippen MR) is 153 cm³/mol. The molecule has 0 heterocycles. The monoisotopic (exact) mass is 629 g/mol. The quantitative estimate of drug-likeness (QED) is 0.301. The van der Waals surface area contributed by atoms with Crippen LogP contribution in [0, 0.1) is 0 Å². The Morgan fingerprint density at radius 2 is 1.59 bits per heavy atom. The van der Waals surface area contributed by atoms with E-state index < -0.39 is 51.9 Å². The van der Waals surface area contributed by atoms with Gasteiger partial charge >= 0.3 is 6.18 Å². The summed E-state index contributed by atoms with van der Waals surface area (Å²) in [5, 5.41) is 2.71. The van der Waals surface area contributed by atoms with Gasteiger partial charge in [0, 0.05) is 24.5 Å². The van der Waals surface area contributed by atoms with Crippen LogP contribution in [0.25, 0.3) is 0 Å². The molecule has 0 fully saturated rings. The Labute approximate surface area is 246 Å². The van der Waals surface area contributed by atoms with Crippen LogP contribution in [0.1, 0.15) is 23.6 Å². The molecule has 220 valence electrons. The van der Waals surface area contributed by atoms with E-state index in [0.29, 0.717) is 27.0 Å². The van der Waals surface area contributed by atoms with Crippen LogP contribution >= 0.6 is 23.2 Å². The molecule has 0 spiro atoms. The third kappa shape index (κ3) is 8.61.